The van der Waals surface area contributed by atoms with Crippen LogP contribution in [0.2, 0.25) is 0 Å². The van der Waals surface area contributed by atoms with Gasteiger partial charge in [-0.2, -0.15) is 0 Å². The number of pyridine rings is 1. The topological polar surface area (TPSA) is 53.4 Å². The summed E-state index contributed by atoms with van der Waals surface area (Å²) < 4.78 is 0. The van der Waals surface area contributed by atoms with Crippen LogP contribution in [0.5, 0.6) is 0 Å². The van der Waals surface area contributed by atoms with Crippen LogP contribution in [0.3, 0.4) is 0 Å². The molecule has 4 heteroatoms. The summed E-state index contributed by atoms with van der Waals surface area (Å²) in [6, 6.07) is 5.66. The van der Waals surface area contributed by atoms with E-state index < -0.39 is 0 Å². The molecular weight excluding hydrogens is 192 g/mol. The van der Waals surface area contributed by atoms with E-state index in [1.807, 2.05) is 18.2 Å². The van der Waals surface area contributed by atoms with Crippen molar-refractivity contribution in [2.24, 2.45) is 0 Å². The molecular formula is C11H16N2O2. The van der Waals surface area contributed by atoms with Gasteiger partial charge in [0.25, 0.3) is 0 Å². The molecule has 1 heterocycles. The van der Waals surface area contributed by atoms with Gasteiger partial charge in [-0.05, 0) is 18.6 Å². The first kappa shape index (κ1) is 11.7. The highest BCUT2D eigenvalue weighted by atomic mass is 16.3. The molecule has 0 aliphatic carbocycles. The van der Waals surface area contributed by atoms with E-state index in [9.17, 15) is 4.79 Å². The summed E-state index contributed by atoms with van der Waals surface area (Å²) in [6.45, 7) is 0.396. The lowest BCUT2D eigenvalue weighted by Crippen LogP contribution is -2.29. The minimum Gasteiger partial charge on any atom is -0.395 e. The fourth-order valence-electron chi connectivity index (χ4n) is 1.25. The van der Waals surface area contributed by atoms with Crippen molar-refractivity contribution in [3.05, 3.63) is 30.1 Å². The lowest BCUT2D eigenvalue weighted by molar-refractivity contribution is -0.130. The van der Waals surface area contributed by atoms with Crippen LogP contribution in [-0.4, -0.2) is 41.1 Å². The molecule has 0 saturated heterocycles. The highest BCUT2D eigenvalue weighted by Gasteiger charge is 2.07. The Hall–Kier alpha value is -1.42. The van der Waals surface area contributed by atoms with Crippen LogP contribution in [0, 0.1) is 0 Å². The van der Waals surface area contributed by atoms with E-state index in [-0.39, 0.29) is 12.5 Å². The number of hydrogen-bond acceptors (Lipinski definition) is 3. The van der Waals surface area contributed by atoms with Crippen molar-refractivity contribution in [2.45, 2.75) is 12.8 Å². The lowest BCUT2D eigenvalue weighted by atomic mass is 10.2. The van der Waals surface area contributed by atoms with E-state index in [1.54, 1.807) is 13.2 Å². The lowest BCUT2D eigenvalue weighted by Gasteiger charge is -2.15. The molecule has 1 aromatic rings. The van der Waals surface area contributed by atoms with Gasteiger partial charge in [0.2, 0.25) is 5.91 Å². The van der Waals surface area contributed by atoms with E-state index >= 15 is 0 Å². The Balaban J connectivity index is 2.34. The van der Waals surface area contributed by atoms with Crippen molar-refractivity contribution in [3.8, 4) is 0 Å². The number of aliphatic hydroxyl groups excluding tert-OH is 1. The molecule has 0 atom stereocenters. The molecule has 0 radical (unpaired) electrons. The van der Waals surface area contributed by atoms with Crippen LogP contribution in [0.25, 0.3) is 0 Å². The van der Waals surface area contributed by atoms with Gasteiger partial charge in [-0.25, -0.2) is 0 Å². The fourth-order valence-corrected chi connectivity index (χ4v) is 1.25. The summed E-state index contributed by atoms with van der Waals surface area (Å²) in [4.78, 5) is 17.2. The average Bonchev–Trinajstić information content (AvgIpc) is 2.27. The van der Waals surface area contributed by atoms with Crippen LogP contribution in [0.15, 0.2) is 24.4 Å². The van der Waals surface area contributed by atoms with E-state index in [2.05, 4.69) is 4.98 Å². The van der Waals surface area contributed by atoms with Crippen molar-refractivity contribution in [2.75, 3.05) is 20.2 Å². The maximum absolute atomic E-state index is 11.5. The first-order valence-corrected chi connectivity index (χ1v) is 4.98. The molecule has 0 aliphatic heterocycles. The van der Waals surface area contributed by atoms with E-state index in [0.29, 0.717) is 19.4 Å². The van der Waals surface area contributed by atoms with Gasteiger partial charge < -0.3 is 10.0 Å². The number of aryl methyl sites for hydroxylation is 1. The quantitative estimate of drug-likeness (QED) is 0.765. The second-order valence-corrected chi connectivity index (χ2v) is 3.36. The Morgan fingerprint density at radius 3 is 2.93 bits per heavy atom. The van der Waals surface area contributed by atoms with Gasteiger partial charge in [0.15, 0.2) is 0 Å². The van der Waals surface area contributed by atoms with Gasteiger partial charge in [-0.1, -0.05) is 6.07 Å². The van der Waals surface area contributed by atoms with Crippen molar-refractivity contribution in [3.63, 3.8) is 0 Å². The van der Waals surface area contributed by atoms with Gasteiger partial charge in [0, 0.05) is 31.9 Å². The number of hydrogen-bond donors (Lipinski definition) is 1. The average molecular weight is 208 g/mol. The molecule has 0 fully saturated rings. The van der Waals surface area contributed by atoms with Crippen molar-refractivity contribution in [1.29, 1.82) is 0 Å². The monoisotopic (exact) mass is 208 g/mol. The van der Waals surface area contributed by atoms with E-state index in [4.69, 9.17) is 5.11 Å². The number of likely N-dealkylation sites (N-methyl/N-ethyl adjacent to an activating group) is 1. The molecule has 0 spiro atoms. The minimum absolute atomic E-state index is 0.00578. The number of rotatable bonds is 5. The Morgan fingerprint density at radius 1 is 1.53 bits per heavy atom. The predicted octanol–water partition coefficient (Wildman–Crippen LogP) is 0.465. The number of nitrogens with zero attached hydrogens (tertiary/aromatic N) is 2. The highest BCUT2D eigenvalue weighted by molar-refractivity contribution is 5.76. The predicted molar refractivity (Wildman–Crippen MR) is 57.3 cm³/mol. The third-order valence-corrected chi connectivity index (χ3v) is 2.18. The van der Waals surface area contributed by atoms with E-state index in [0.717, 1.165) is 5.69 Å². The van der Waals surface area contributed by atoms with Gasteiger partial charge >= 0.3 is 0 Å². The number of aromatic nitrogens is 1. The summed E-state index contributed by atoms with van der Waals surface area (Å²) in [7, 11) is 1.69. The zero-order valence-electron chi connectivity index (χ0n) is 8.89. The summed E-state index contributed by atoms with van der Waals surface area (Å²) in [6.07, 6.45) is 2.81. The molecule has 4 nitrogen and oxygen atoms in total. The summed E-state index contributed by atoms with van der Waals surface area (Å²) in [5.74, 6) is 0.0368. The smallest absolute Gasteiger partial charge is 0.222 e. The summed E-state index contributed by atoms with van der Waals surface area (Å²) >= 11 is 0. The van der Waals surface area contributed by atoms with Crippen molar-refractivity contribution in [1.82, 2.24) is 9.88 Å². The van der Waals surface area contributed by atoms with Gasteiger partial charge in [-0.3, -0.25) is 9.78 Å². The molecule has 1 aromatic heterocycles. The molecule has 1 rings (SSSR count). The normalized spacial score (nSPS) is 10.0. The third kappa shape index (κ3) is 4.08. The van der Waals surface area contributed by atoms with Crippen LogP contribution in [-0.2, 0) is 11.2 Å². The molecule has 0 bridgehead atoms. The third-order valence-electron chi connectivity index (χ3n) is 2.18. The fraction of sp³-hybridized carbons (Fsp3) is 0.455. The first-order valence-electron chi connectivity index (χ1n) is 4.98. The number of amides is 1. The molecule has 82 valence electrons. The largest absolute Gasteiger partial charge is 0.395 e. The highest BCUT2D eigenvalue weighted by Crippen LogP contribution is 2.00. The summed E-state index contributed by atoms with van der Waals surface area (Å²) in [5.41, 5.74) is 0.920. The molecule has 0 unspecified atom stereocenters. The molecule has 15 heavy (non-hydrogen) atoms. The molecule has 1 amide bonds. The molecule has 0 aromatic carbocycles. The number of carbonyl (C=O) groups excluding carboxylic acids is 1. The Labute approximate surface area is 89.6 Å². The minimum atomic E-state index is 0.00578. The molecule has 1 N–H and O–H groups in total. The van der Waals surface area contributed by atoms with E-state index in [1.165, 1.54) is 4.90 Å². The summed E-state index contributed by atoms with van der Waals surface area (Å²) in [5, 5.41) is 8.66. The van der Waals surface area contributed by atoms with Crippen molar-refractivity contribution < 1.29 is 9.90 Å². The second kappa shape index (κ2) is 6.14. The van der Waals surface area contributed by atoms with Gasteiger partial charge in [0.05, 0.1) is 6.61 Å². The van der Waals surface area contributed by atoms with Crippen LogP contribution < -0.4 is 0 Å². The van der Waals surface area contributed by atoms with Crippen LogP contribution in [0.1, 0.15) is 12.1 Å². The molecule has 0 saturated carbocycles. The standard InChI is InChI=1S/C11H16N2O2/c1-13(8-9-14)11(15)6-5-10-4-2-3-7-12-10/h2-4,7,14H,5-6,8-9H2,1H3. The molecule has 0 aliphatic rings. The Morgan fingerprint density at radius 2 is 2.33 bits per heavy atom. The maximum Gasteiger partial charge on any atom is 0.222 e. The van der Waals surface area contributed by atoms with Crippen molar-refractivity contribution >= 4 is 5.91 Å². The van der Waals surface area contributed by atoms with Gasteiger partial charge in [-0.15, -0.1) is 0 Å². The number of aliphatic hydroxyl groups is 1. The maximum atomic E-state index is 11.5. The second-order valence-electron chi connectivity index (χ2n) is 3.36. The Kier molecular flexibility index (Phi) is 4.77. The SMILES string of the molecule is CN(CCO)C(=O)CCc1ccccn1. The zero-order chi connectivity index (χ0) is 11.1. The zero-order valence-corrected chi connectivity index (χ0v) is 8.89. The first-order chi connectivity index (χ1) is 7.24. The van der Waals surface area contributed by atoms with Crippen LogP contribution in [0.4, 0.5) is 0 Å². The number of carbonyl (C=O) groups is 1. The Bertz CT molecular complexity index is 301. The van der Waals surface area contributed by atoms with Crippen LogP contribution >= 0.6 is 0 Å². The van der Waals surface area contributed by atoms with Gasteiger partial charge in [0.1, 0.15) is 0 Å².